The molecule has 0 saturated carbocycles. The smallest absolute Gasteiger partial charge is 0.226 e. The molecule has 0 bridgehead atoms. The summed E-state index contributed by atoms with van der Waals surface area (Å²) >= 11 is 3.43. The SMILES string of the molecule is Cc1nn(-c2ccc(Br)cc2)c2c1[C@H](C(=O)c1ccc(C(C)C)cc1)CC(=O)N2. The fraction of sp³-hybridized carbons (Fsp3) is 0.261. The molecule has 2 aromatic carbocycles. The second-order valence-corrected chi connectivity index (χ2v) is 8.60. The average molecular weight is 452 g/mol. The highest BCUT2D eigenvalue weighted by Crippen LogP contribution is 2.38. The fourth-order valence-electron chi connectivity index (χ4n) is 3.77. The summed E-state index contributed by atoms with van der Waals surface area (Å²) in [6.07, 6.45) is 0.130. The van der Waals surface area contributed by atoms with E-state index in [4.69, 9.17) is 0 Å². The molecule has 1 atom stereocenters. The van der Waals surface area contributed by atoms with Gasteiger partial charge in [-0.05, 0) is 42.7 Å². The second kappa shape index (κ2) is 7.59. The largest absolute Gasteiger partial charge is 0.310 e. The number of anilines is 1. The molecule has 4 rings (SSSR count). The van der Waals surface area contributed by atoms with E-state index >= 15 is 0 Å². The first kappa shape index (κ1) is 19.6. The highest BCUT2D eigenvalue weighted by Gasteiger charge is 2.36. The lowest BCUT2D eigenvalue weighted by molar-refractivity contribution is -0.116. The van der Waals surface area contributed by atoms with E-state index in [1.807, 2.05) is 55.5 Å². The van der Waals surface area contributed by atoms with Crippen LogP contribution in [0, 0.1) is 6.92 Å². The zero-order chi connectivity index (χ0) is 20.7. The van der Waals surface area contributed by atoms with Gasteiger partial charge in [0.15, 0.2) is 5.78 Å². The number of carbonyl (C=O) groups excluding carboxylic acids is 2. The van der Waals surface area contributed by atoms with Crippen molar-refractivity contribution in [2.24, 2.45) is 0 Å². The number of halogens is 1. The number of nitrogens with zero attached hydrogens (tertiary/aromatic N) is 2. The van der Waals surface area contributed by atoms with Crippen molar-refractivity contribution in [2.45, 2.75) is 39.0 Å². The number of carbonyl (C=O) groups is 2. The van der Waals surface area contributed by atoms with Gasteiger partial charge < -0.3 is 5.32 Å². The summed E-state index contributed by atoms with van der Waals surface area (Å²) in [5.41, 5.74) is 4.18. The number of Topliss-reactive ketones (excluding diaryl/α,β-unsaturated/α-hetero) is 1. The third-order valence-corrected chi connectivity index (χ3v) is 5.88. The Morgan fingerprint density at radius 2 is 1.79 bits per heavy atom. The number of amides is 1. The first-order valence-electron chi connectivity index (χ1n) is 9.64. The van der Waals surface area contributed by atoms with Crippen LogP contribution in [-0.4, -0.2) is 21.5 Å². The van der Waals surface area contributed by atoms with Crippen molar-refractivity contribution in [1.29, 1.82) is 0 Å². The fourth-order valence-corrected chi connectivity index (χ4v) is 4.04. The summed E-state index contributed by atoms with van der Waals surface area (Å²) in [6, 6.07) is 15.4. The monoisotopic (exact) mass is 451 g/mol. The zero-order valence-electron chi connectivity index (χ0n) is 16.6. The maximum absolute atomic E-state index is 13.3. The van der Waals surface area contributed by atoms with Crippen molar-refractivity contribution >= 4 is 33.4 Å². The Labute approximate surface area is 178 Å². The van der Waals surface area contributed by atoms with Crippen molar-refractivity contribution in [2.75, 3.05) is 5.32 Å². The minimum absolute atomic E-state index is 0.0464. The summed E-state index contributed by atoms with van der Waals surface area (Å²) in [6.45, 7) is 6.12. The first-order valence-corrected chi connectivity index (χ1v) is 10.4. The highest BCUT2D eigenvalue weighted by atomic mass is 79.9. The first-order chi connectivity index (χ1) is 13.8. The van der Waals surface area contributed by atoms with Gasteiger partial charge in [-0.1, -0.05) is 54.0 Å². The lowest BCUT2D eigenvalue weighted by Gasteiger charge is -2.23. The molecule has 29 heavy (non-hydrogen) atoms. The van der Waals surface area contributed by atoms with Crippen LogP contribution in [0.25, 0.3) is 5.69 Å². The van der Waals surface area contributed by atoms with Crippen LogP contribution < -0.4 is 5.32 Å². The minimum Gasteiger partial charge on any atom is -0.310 e. The van der Waals surface area contributed by atoms with Gasteiger partial charge in [0.05, 0.1) is 17.3 Å². The molecule has 0 saturated heterocycles. The molecule has 1 aliphatic rings. The molecule has 148 valence electrons. The van der Waals surface area contributed by atoms with E-state index in [0.717, 1.165) is 21.4 Å². The van der Waals surface area contributed by atoms with Crippen LogP contribution in [-0.2, 0) is 4.79 Å². The molecule has 0 spiro atoms. The van der Waals surface area contributed by atoms with Crippen LogP contribution in [0.2, 0.25) is 0 Å². The zero-order valence-corrected chi connectivity index (χ0v) is 18.2. The van der Waals surface area contributed by atoms with Crippen LogP contribution >= 0.6 is 15.9 Å². The van der Waals surface area contributed by atoms with Crippen LogP contribution in [0.1, 0.15) is 59.3 Å². The maximum Gasteiger partial charge on any atom is 0.226 e. The molecule has 1 aromatic heterocycles. The Morgan fingerprint density at radius 1 is 1.14 bits per heavy atom. The second-order valence-electron chi connectivity index (χ2n) is 7.68. The quantitative estimate of drug-likeness (QED) is 0.541. The number of hydrogen-bond donors (Lipinski definition) is 1. The molecule has 0 radical (unpaired) electrons. The highest BCUT2D eigenvalue weighted by molar-refractivity contribution is 9.10. The molecule has 0 fully saturated rings. The topological polar surface area (TPSA) is 64.0 Å². The number of aromatic nitrogens is 2. The Hall–Kier alpha value is -2.73. The van der Waals surface area contributed by atoms with Crippen LogP contribution in [0.4, 0.5) is 5.82 Å². The summed E-state index contributed by atoms with van der Waals surface area (Å²) in [5, 5.41) is 7.55. The molecule has 2 heterocycles. The number of benzene rings is 2. The van der Waals surface area contributed by atoms with E-state index in [1.165, 1.54) is 5.56 Å². The molecule has 0 unspecified atom stereocenters. The number of ketones is 1. The Morgan fingerprint density at radius 3 is 2.41 bits per heavy atom. The number of aryl methyl sites for hydroxylation is 1. The summed E-state index contributed by atoms with van der Waals surface area (Å²) in [4.78, 5) is 25.8. The summed E-state index contributed by atoms with van der Waals surface area (Å²) < 4.78 is 2.66. The third kappa shape index (κ3) is 3.65. The molecule has 1 amide bonds. The van der Waals surface area contributed by atoms with Crippen LogP contribution in [0.5, 0.6) is 0 Å². The predicted molar refractivity (Wildman–Crippen MR) is 117 cm³/mol. The van der Waals surface area contributed by atoms with E-state index in [9.17, 15) is 9.59 Å². The van der Waals surface area contributed by atoms with Gasteiger partial charge >= 0.3 is 0 Å². The molecule has 0 aliphatic carbocycles. The van der Waals surface area contributed by atoms with Gasteiger partial charge in [0.2, 0.25) is 5.91 Å². The average Bonchev–Trinajstić information content (AvgIpc) is 3.03. The Bertz CT molecular complexity index is 1080. The van der Waals surface area contributed by atoms with Gasteiger partial charge in [0, 0.05) is 22.0 Å². The van der Waals surface area contributed by atoms with Gasteiger partial charge in [-0.3, -0.25) is 9.59 Å². The Balaban J connectivity index is 1.75. The number of nitrogens with one attached hydrogen (secondary N) is 1. The van der Waals surface area contributed by atoms with E-state index in [1.54, 1.807) is 4.68 Å². The lowest BCUT2D eigenvalue weighted by Crippen LogP contribution is -2.28. The number of hydrogen-bond acceptors (Lipinski definition) is 3. The van der Waals surface area contributed by atoms with E-state index in [-0.39, 0.29) is 18.1 Å². The number of rotatable bonds is 4. The molecule has 5 nitrogen and oxygen atoms in total. The summed E-state index contributed by atoms with van der Waals surface area (Å²) in [5.74, 6) is 0.228. The van der Waals surface area contributed by atoms with E-state index < -0.39 is 5.92 Å². The third-order valence-electron chi connectivity index (χ3n) is 5.35. The molecular weight excluding hydrogens is 430 g/mol. The lowest BCUT2D eigenvalue weighted by atomic mass is 9.85. The van der Waals surface area contributed by atoms with Crippen molar-refractivity contribution in [3.63, 3.8) is 0 Å². The van der Waals surface area contributed by atoms with Gasteiger partial charge in [-0.15, -0.1) is 0 Å². The molecule has 1 aliphatic heterocycles. The predicted octanol–water partition coefficient (Wildman–Crippen LogP) is 5.38. The standard InChI is InChI=1S/C23H22BrN3O2/c1-13(2)15-4-6-16(7-5-15)22(29)19-12-20(28)25-23-21(19)14(3)26-27(23)18-10-8-17(24)9-11-18/h4-11,13,19H,12H2,1-3H3,(H,25,28)/t19-/m1/s1. The van der Waals surface area contributed by atoms with Gasteiger partial charge in [-0.2, -0.15) is 5.10 Å². The Kier molecular flexibility index (Phi) is 5.13. The molecule has 3 aromatic rings. The number of fused-ring (bicyclic) bond motifs is 1. The van der Waals surface area contributed by atoms with Crippen molar-refractivity contribution in [1.82, 2.24) is 9.78 Å². The van der Waals surface area contributed by atoms with E-state index in [0.29, 0.717) is 17.3 Å². The minimum atomic E-state index is -0.534. The van der Waals surface area contributed by atoms with Crippen LogP contribution in [0.3, 0.4) is 0 Å². The van der Waals surface area contributed by atoms with Crippen molar-refractivity contribution in [3.8, 4) is 5.69 Å². The van der Waals surface area contributed by atoms with Crippen LogP contribution in [0.15, 0.2) is 53.0 Å². The van der Waals surface area contributed by atoms with Gasteiger partial charge in [0.25, 0.3) is 0 Å². The molecule has 6 heteroatoms. The van der Waals surface area contributed by atoms with Crippen molar-refractivity contribution in [3.05, 3.63) is 75.4 Å². The van der Waals surface area contributed by atoms with E-state index in [2.05, 4.69) is 40.2 Å². The van der Waals surface area contributed by atoms with Crippen molar-refractivity contribution < 1.29 is 9.59 Å². The molecule has 1 N–H and O–H groups in total. The van der Waals surface area contributed by atoms with Gasteiger partial charge in [-0.25, -0.2) is 4.68 Å². The van der Waals surface area contributed by atoms with Gasteiger partial charge in [0.1, 0.15) is 5.82 Å². The summed E-state index contributed by atoms with van der Waals surface area (Å²) in [7, 11) is 0. The molecular formula is C23H22BrN3O2. The normalized spacial score (nSPS) is 15.9. The maximum atomic E-state index is 13.3.